The van der Waals surface area contributed by atoms with Gasteiger partial charge in [0.05, 0.1) is 12.7 Å². The van der Waals surface area contributed by atoms with Crippen molar-refractivity contribution < 1.29 is 18.9 Å². The maximum Gasteiger partial charge on any atom is 0.199 e. The van der Waals surface area contributed by atoms with E-state index in [1.54, 1.807) is 18.6 Å². The van der Waals surface area contributed by atoms with Crippen LogP contribution in [0.25, 0.3) is 11.3 Å². The molecule has 1 saturated heterocycles. The van der Waals surface area contributed by atoms with Crippen LogP contribution in [0.3, 0.4) is 0 Å². The number of anilines is 1. The summed E-state index contributed by atoms with van der Waals surface area (Å²) in [6.45, 7) is 1.05. The van der Waals surface area contributed by atoms with Crippen molar-refractivity contribution in [3.63, 3.8) is 0 Å². The maximum atomic E-state index is 14.1. The van der Waals surface area contributed by atoms with Crippen molar-refractivity contribution in [2.24, 2.45) is 0 Å². The van der Waals surface area contributed by atoms with E-state index in [0.717, 1.165) is 6.07 Å². The fourth-order valence-electron chi connectivity index (χ4n) is 3.37. The van der Waals surface area contributed by atoms with Crippen molar-refractivity contribution in [3.8, 4) is 0 Å². The third-order valence-electron chi connectivity index (χ3n) is 4.68. The molecule has 1 aliphatic heterocycles. The standard InChI is InChI=1S/C17H15F3N6/c18-11-6-13(20)12(19)5-10(11)9-1-4-26(8-14(9)21)15-7-24-16-17(25-15)23-3-2-22-16/h2-3,5-7,9,14H,1,4,8,21H2/p+1/t9-,14+/m1/s1. The Morgan fingerprint density at radius 3 is 2.46 bits per heavy atom. The highest BCUT2D eigenvalue weighted by atomic mass is 19.2. The van der Waals surface area contributed by atoms with Gasteiger partial charge >= 0.3 is 0 Å². The van der Waals surface area contributed by atoms with E-state index in [-0.39, 0.29) is 17.5 Å². The number of nitrogens with zero attached hydrogens (tertiary/aromatic N) is 5. The number of hydrogen-bond donors (Lipinski definition) is 1. The van der Waals surface area contributed by atoms with Crippen molar-refractivity contribution in [3.05, 3.63) is 53.7 Å². The first-order chi connectivity index (χ1) is 12.5. The van der Waals surface area contributed by atoms with Crippen LogP contribution in [0.1, 0.15) is 17.9 Å². The Labute approximate surface area is 146 Å². The van der Waals surface area contributed by atoms with E-state index in [0.29, 0.717) is 42.7 Å². The summed E-state index contributed by atoms with van der Waals surface area (Å²) in [6.07, 6.45) is 5.24. The largest absolute Gasteiger partial charge is 0.353 e. The third-order valence-corrected chi connectivity index (χ3v) is 4.68. The lowest BCUT2D eigenvalue weighted by Crippen LogP contribution is -2.70. The highest BCUT2D eigenvalue weighted by Crippen LogP contribution is 2.31. The van der Waals surface area contributed by atoms with Crippen molar-refractivity contribution in [1.29, 1.82) is 0 Å². The predicted molar refractivity (Wildman–Crippen MR) is 87.7 cm³/mol. The van der Waals surface area contributed by atoms with Crippen LogP contribution in [-0.2, 0) is 0 Å². The number of halogens is 3. The Bertz CT molecular complexity index is 966. The Balaban J connectivity index is 1.57. The minimum absolute atomic E-state index is 0.166. The van der Waals surface area contributed by atoms with E-state index < -0.39 is 17.5 Å². The predicted octanol–water partition coefficient (Wildman–Crippen LogP) is 1.44. The van der Waals surface area contributed by atoms with Gasteiger partial charge in [-0.1, -0.05) is 0 Å². The van der Waals surface area contributed by atoms with E-state index in [9.17, 15) is 13.2 Å². The molecule has 3 N–H and O–H groups in total. The second kappa shape index (κ2) is 6.49. The summed E-state index contributed by atoms with van der Waals surface area (Å²) in [5.41, 5.74) is 5.15. The van der Waals surface area contributed by atoms with Gasteiger partial charge in [0.1, 0.15) is 17.7 Å². The monoisotopic (exact) mass is 361 g/mol. The molecule has 0 aliphatic carbocycles. The van der Waals surface area contributed by atoms with Crippen molar-refractivity contribution in [2.75, 3.05) is 18.0 Å². The summed E-state index contributed by atoms with van der Waals surface area (Å²) < 4.78 is 40.8. The lowest BCUT2D eigenvalue weighted by molar-refractivity contribution is -0.424. The lowest BCUT2D eigenvalue weighted by atomic mass is 9.85. The molecule has 3 heterocycles. The average Bonchev–Trinajstić information content (AvgIpc) is 2.64. The molecule has 9 heteroatoms. The zero-order chi connectivity index (χ0) is 18.3. The average molecular weight is 361 g/mol. The maximum absolute atomic E-state index is 14.1. The van der Waals surface area contributed by atoms with E-state index in [4.69, 9.17) is 0 Å². The van der Waals surface area contributed by atoms with Crippen LogP contribution in [0.5, 0.6) is 0 Å². The van der Waals surface area contributed by atoms with Gasteiger partial charge in [-0.25, -0.2) is 33.1 Å². The van der Waals surface area contributed by atoms with Crippen LogP contribution in [0.2, 0.25) is 0 Å². The molecular weight excluding hydrogens is 345 g/mol. The van der Waals surface area contributed by atoms with Crippen LogP contribution in [-0.4, -0.2) is 39.1 Å². The lowest BCUT2D eigenvalue weighted by Gasteiger charge is -2.35. The number of fused-ring (bicyclic) bond motifs is 1. The fraction of sp³-hybridized carbons (Fsp3) is 0.294. The Morgan fingerprint density at radius 2 is 1.69 bits per heavy atom. The molecule has 0 saturated carbocycles. The molecule has 6 nitrogen and oxygen atoms in total. The highest BCUT2D eigenvalue weighted by molar-refractivity contribution is 5.66. The molecule has 0 bridgehead atoms. The van der Waals surface area contributed by atoms with Gasteiger partial charge in [-0.15, -0.1) is 0 Å². The Kier molecular flexibility index (Phi) is 4.15. The van der Waals surface area contributed by atoms with Gasteiger partial charge in [0.2, 0.25) is 0 Å². The number of benzene rings is 1. The minimum Gasteiger partial charge on any atom is -0.353 e. The minimum atomic E-state index is -1.18. The molecule has 4 rings (SSSR count). The van der Waals surface area contributed by atoms with Crippen molar-refractivity contribution in [1.82, 2.24) is 19.9 Å². The number of aromatic nitrogens is 4. The van der Waals surface area contributed by atoms with E-state index in [1.807, 2.05) is 4.90 Å². The molecule has 0 unspecified atom stereocenters. The summed E-state index contributed by atoms with van der Waals surface area (Å²) in [6, 6.07) is 1.31. The molecule has 3 aromatic rings. The van der Waals surface area contributed by atoms with Gasteiger partial charge < -0.3 is 10.6 Å². The normalized spacial score (nSPS) is 20.5. The molecule has 2 aromatic heterocycles. The summed E-state index contributed by atoms with van der Waals surface area (Å²) in [4.78, 5) is 18.9. The SMILES string of the molecule is [NH3+][C@H]1CN(c2cnc3nccnc3n2)CC[C@@H]1c1cc(F)c(F)cc1F. The Hall–Kier alpha value is -2.81. The van der Waals surface area contributed by atoms with Crippen LogP contribution >= 0.6 is 0 Å². The molecule has 1 aliphatic rings. The molecule has 1 aromatic carbocycles. The van der Waals surface area contributed by atoms with Crippen molar-refractivity contribution in [2.45, 2.75) is 18.4 Å². The van der Waals surface area contributed by atoms with Gasteiger partial charge in [0.25, 0.3) is 0 Å². The molecule has 1 fully saturated rings. The van der Waals surface area contributed by atoms with Gasteiger partial charge in [-0.2, -0.15) is 0 Å². The summed E-state index contributed by atoms with van der Waals surface area (Å²) in [5.74, 6) is -2.63. The number of rotatable bonds is 2. The van der Waals surface area contributed by atoms with Crippen molar-refractivity contribution >= 4 is 17.1 Å². The number of piperidine rings is 1. The van der Waals surface area contributed by atoms with Gasteiger partial charge in [-0.3, -0.25) is 0 Å². The summed E-state index contributed by atoms with van der Waals surface area (Å²) in [7, 11) is 0. The van der Waals surface area contributed by atoms with E-state index in [2.05, 4.69) is 25.7 Å². The number of quaternary nitrogens is 1. The molecule has 0 spiro atoms. The van der Waals surface area contributed by atoms with Crippen LogP contribution in [0, 0.1) is 17.5 Å². The second-order valence-electron chi connectivity index (χ2n) is 6.32. The first-order valence-corrected chi connectivity index (χ1v) is 8.19. The Morgan fingerprint density at radius 1 is 0.962 bits per heavy atom. The van der Waals surface area contributed by atoms with Gasteiger partial charge in [0.15, 0.2) is 22.9 Å². The zero-order valence-electron chi connectivity index (χ0n) is 13.7. The van der Waals surface area contributed by atoms with E-state index in [1.165, 1.54) is 0 Å². The van der Waals surface area contributed by atoms with Crippen LogP contribution in [0.4, 0.5) is 19.0 Å². The van der Waals surface area contributed by atoms with Crippen LogP contribution < -0.4 is 10.6 Å². The highest BCUT2D eigenvalue weighted by Gasteiger charge is 2.33. The topological polar surface area (TPSA) is 82.4 Å². The third kappa shape index (κ3) is 2.94. The van der Waals surface area contributed by atoms with Gasteiger partial charge in [-0.05, 0) is 12.5 Å². The smallest absolute Gasteiger partial charge is 0.199 e. The van der Waals surface area contributed by atoms with Gasteiger partial charge in [0, 0.05) is 36.5 Å². The fourth-order valence-corrected chi connectivity index (χ4v) is 3.37. The summed E-state index contributed by atoms with van der Waals surface area (Å²) in [5, 5.41) is 0. The van der Waals surface area contributed by atoms with E-state index >= 15 is 0 Å². The molecular formula is C17H16F3N6+. The second-order valence-corrected chi connectivity index (χ2v) is 6.32. The first-order valence-electron chi connectivity index (χ1n) is 8.19. The summed E-state index contributed by atoms with van der Waals surface area (Å²) >= 11 is 0. The first kappa shape index (κ1) is 16.6. The number of hydrogen-bond acceptors (Lipinski definition) is 5. The van der Waals surface area contributed by atoms with Crippen LogP contribution in [0.15, 0.2) is 30.7 Å². The molecule has 26 heavy (non-hydrogen) atoms. The molecule has 2 atom stereocenters. The zero-order valence-corrected chi connectivity index (χ0v) is 13.7. The molecule has 0 radical (unpaired) electrons. The molecule has 0 amide bonds. The molecule has 134 valence electrons. The quantitative estimate of drug-likeness (QED) is 0.699.